The zero-order chi connectivity index (χ0) is 15.5. The molecule has 0 spiro atoms. The van der Waals surface area contributed by atoms with Crippen LogP contribution < -0.4 is 4.72 Å². The molecule has 0 aromatic rings. The van der Waals surface area contributed by atoms with E-state index in [-0.39, 0.29) is 11.3 Å². The zero-order valence-electron chi connectivity index (χ0n) is 13.3. The molecule has 0 amide bonds. The normalized spacial score (nSPS) is 28.6. The first-order valence-corrected chi connectivity index (χ1v) is 9.83. The lowest BCUT2D eigenvalue weighted by molar-refractivity contribution is 0.0116. The second-order valence-corrected chi connectivity index (χ2v) is 8.99. The smallest absolute Gasteiger partial charge is 0.215 e. The highest BCUT2D eigenvalue weighted by molar-refractivity contribution is 7.90. The molecule has 1 heterocycles. The van der Waals surface area contributed by atoms with Crippen LogP contribution in [0.4, 0.5) is 0 Å². The number of sulfonamides is 1. The van der Waals surface area contributed by atoms with Crippen LogP contribution in [0, 0.1) is 0 Å². The highest BCUT2D eigenvalue weighted by Crippen LogP contribution is 2.23. The number of hydrogen-bond acceptors (Lipinski definition) is 4. The Bertz CT molecular complexity index is 430. The number of piperidine rings is 1. The van der Waals surface area contributed by atoms with Crippen molar-refractivity contribution >= 4 is 10.0 Å². The van der Waals surface area contributed by atoms with Gasteiger partial charge in [0.15, 0.2) is 0 Å². The van der Waals surface area contributed by atoms with Crippen LogP contribution in [-0.2, 0) is 10.0 Å². The van der Waals surface area contributed by atoms with Gasteiger partial charge in [-0.15, -0.1) is 0 Å². The Labute approximate surface area is 129 Å². The molecule has 6 heteroatoms. The highest BCUT2D eigenvalue weighted by atomic mass is 32.2. The number of likely N-dealkylation sites (tertiary alicyclic amines) is 1. The number of β-amino-alcohol motifs (C(OH)–C–C–N with tert-alkyl or cyclic N) is 1. The minimum atomic E-state index is -3.24. The Balaban J connectivity index is 1.93. The predicted octanol–water partition coefficient (Wildman–Crippen LogP) is 1.47. The summed E-state index contributed by atoms with van der Waals surface area (Å²) >= 11 is 0. The highest BCUT2D eigenvalue weighted by Gasteiger charge is 2.34. The van der Waals surface area contributed by atoms with Gasteiger partial charge < -0.3 is 5.11 Å². The van der Waals surface area contributed by atoms with Crippen LogP contribution in [0.2, 0.25) is 0 Å². The summed E-state index contributed by atoms with van der Waals surface area (Å²) < 4.78 is 27.9. The molecule has 124 valence electrons. The van der Waals surface area contributed by atoms with Crippen molar-refractivity contribution in [1.82, 2.24) is 9.62 Å². The Morgan fingerprint density at radius 2 is 1.90 bits per heavy atom. The maximum atomic E-state index is 12.5. The molecule has 0 unspecified atom stereocenters. The topological polar surface area (TPSA) is 69.6 Å². The van der Waals surface area contributed by atoms with E-state index in [1.807, 2.05) is 13.8 Å². The van der Waals surface area contributed by atoms with Crippen LogP contribution >= 0.6 is 0 Å². The molecule has 2 N–H and O–H groups in total. The van der Waals surface area contributed by atoms with Gasteiger partial charge >= 0.3 is 0 Å². The molecule has 21 heavy (non-hydrogen) atoms. The molecular weight excluding hydrogens is 288 g/mol. The van der Waals surface area contributed by atoms with Gasteiger partial charge in [-0.1, -0.05) is 19.8 Å². The first-order chi connectivity index (χ1) is 9.82. The van der Waals surface area contributed by atoms with Crippen molar-refractivity contribution in [2.75, 3.05) is 19.6 Å². The third-order valence-electron chi connectivity index (χ3n) is 4.91. The molecule has 2 atom stereocenters. The van der Waals surface area contributed by atoms with Crippen LogP contribution in [0.1, 0.15) is 58.8 Å². The Hall–Kier alpha value is -0.170. The monoisotopic (exact) mass is 318 g/mol. The largest absolute Gasteiger partial charge is 0.389 e. The fourth-order valence-electron chi connectivity index (χ4n) is 3.38. The van der Waals surface area contributed by atoms with E-state index in [2.05, 4.69) is 9.62 Å². The molecule has 2 rings (SSSR count). The van der Waals surface area contributed by atoms with Gasteiger partial charge in [-0.3, -0.25) is 4.90 Å². The lowest BCUT2D eigenvalue weighted by Gasteiger charge is -2.37. The summed E-state index contributed by atoms with van der Waals surface area (Å²) in [4.78, 5) is 2.10. The molecule has 0 aromatic carbocycles. The second kappa shape index (κ2) is 6.94. The average Bonchev–Trinajstić information content (AvgIpc) is 2.91. The van der Waals surface area contributed by atoms with E-state index in [1.165, 1.54) is 0 Å². The lowest BCUT2D eigenvalue weighted by atomic mass is 10.0. The van der Waals surface area contributed by atoms with E-state index < -0.39 is 15.6 Å². The van der Waals surface area contributed by atoms with Crippen molar-refractivity contribution in [1.29, 1.82) is 0 Å². The van der Waals surface area contributed by atoms with Crippen LogP contribution in [0.3, 0.4) is 0 Å². The summed E-state index contributed by atoms with van der Waals surface area (Å²) in [5.41, 5.74) is -0.732. The molecule has 0 bridgehead atoms. The van der Waals surface area contributed by atoms with Gasteiger partial charge in [0.05, 0.1) is 10.9 Å². The fourth-order valence-corrected chi connectivity index (χ4v) is 5.15. The Morgan fingerprint density at radius 1 is 1.24 bits per heavy atom. The second-order valence-electron chi connectivity index (χ2n) is 6.99. The van der Waals surface area contributed by atoms with E-state index >= 15 is 0 Å². The fraction of sp³-hybridized carbons (Fsp3) is 1.00. The van der Waals surface area contributed by atoms with Crippen LogP contribution in [0.15, 0.2) is 0 Å². The van der Waals surface area contributed by atoms with E-state index in [1.54, 1.807) is 0 Å². The van der Waals surface area contributed by atoms with Gasteiger partial charge in [-0.25, -0.2) is 13.1 Å². The SMILES string of the molecule is CC[C@](C)(O)CN1CCC[C@@H](S(=O)(=O)NC2CCCC2)C1. The van der Waals surface area contributed by atoms with E-state index in [0.717, 1.165) is 45.1 Å². The van der Waals surface area contributed by atoms with Crippen molar-refractivity contribution in [3.05, 3.63) is 0 Å². The molecule has 1 aliphatic carbocycles. The number of nitrogens with one attached hydrogen (secondary N) is 1. The molecule has 1 aliphatic heterocycles. The van der Waals surface area contributed by atoms with Gasteiger partial charge in [0.25, 0.3) is 0 Å². The molecule has 2 fully saturated rings. The first-order valence-electron chi connectivity index (χ1n) is 8.28. The number of nitrogens with zero attached hydrogens (tertiary/aromatic N) is 1. The summed E-state index contributed by atoms with van der Waals surface area (Å²) in [5, 5.41) is 9.85. The van der Waals surface area contributed by atoms with Crippen LogP contribution in [0.25, 0.3) is 0 Å². The standard InChI is InChI=1S/C15H30N2O3S/c1-3-15(2,18)12-17-10-6-9-14(11-17)21(19,20)16-13-7-4-5-8-13/h13-14,16,18H,3-12H2,1-2H3/t14-,15+/m1/s1. The Morgan fingerprint density at radius 3 is 2.52 bits per heavy atom. The van der Waals surface area contributed by atoms with Gasteiger partial charge in [-0.2, -0.15) is 0 Å². The Kier molecular flexibility index (Phi) is 5.68. The number of aliphatic hydroxyl groups is 1. The van der Waals surface area contributed by atoms with Gasteiger partial charge in [0.1, 0.15) is 0 Å². The maximum Gasteiger partial charge on any atom is 0.215 e. The predicted molar refractivity (Wildman–Crippen MR) is 84.7 cm³/mol. The third kappa shape index (κ3) is 4.91. The summed E-state index contributed by atoms with van der Waals surface area (Å²) in [6.07, 6.45) is 6.50. The summed E-state index contributed by atoms with van der Waals surface area (Å²) in [5.74, 6) is 0. The van der Waals surface area contributed by atoms with Gasteiger partial charge in [0, 0.05) is 19.1 Å². The van der Waals surface area contributed by atoms with Gasteiger partial charge in [0.2, 0.25) is 10.0 Å². The number of hydrogen-bond donors (Lipinski definition) is 2. The molecule has 5 nitrogen and oxygen atoms in total. The summed E-state index contributed by atoms with van der Waals surface area (Å²) in [6.45, 7) is 5.75. The average molecular weight is 318 g/mol. The molecule has 0 radical (unpaired) electrons. The van der Waals surface area contributed by atoms with E-state index in [0.29, 0.717) is 19.5 Å². The zero-order valence-corrected chi connectivity index (χ0v) is 14.2. The minimum Gasteiger partial charge on any atom is -0.389 e. The molecule has 2 aliphatic rings. The van der Waals surface area contributed by atoms with Crippen molar-refractivity contribution in [3.8, 4) is 0 Å². The summed E-state index contributed by atoms with van der Waals surface area (Å²) in [7, 11) is -3.24. The molecule has 0 aromatic heterocycles. The maximum absolute atomic E-state index is 12.5. The van der Waals surface area contributed by atoms with Crippen molar-refractivity contribution < 1.29 is 13.5 Å². The summed E-state index contributed by atoms with van der Waals surface area (Å²) in [6, 6.07) is 0.143. The molecule has 1 saturated carbocycles. The van der Waals surface area contributed by atoms with Crippen LogP contribution in [-0.4, -0.2) is 55.0 Å². The van der Waals surface area contributed by atoms with Crippen molar-refractivity contribution in [2.24, 2.45) is 0 Å². The van der Waals surface area contributed by atoms with E-state index in [4.69, 9.17) is 0 Å². The molecular formula is C15H30N2O3S. The number of rotatable bonds is 6. The lowest BCUT2D eigenvalue weighted by Crippen LogP contribution is -2.51. The minimum absolute atomic E-state index is 0.143. The third-order valence-corrected chi connectivity index (χ3v) is 6.84. The van der Waals surface area contributed by atoms with Crippen molar-refractivity contribution in [3.63, 3.8) is 0 Å². The van der Waals surface area contributed by atoms with Gasteiger partial charge in [-0.05, 0) is 45.6 Å². The first kappa shape index (κ1) is 17.2. The van der Waals surface area contributed by atoms with E-state index in [9.17, 15) is 13.5 Å². The van der Waals surface area contributed by atoms with Crippen LogP contribution in [0.5, 0.6) is 0 Å². The molecule has 1 saturated heterocycles. The quantitative estimate of drug-likeness (QED) is 0.778. The van der Waals surface area contributed by atoms with Crippen molar-refractivity contribution in [2.45, 2.75) is 75.7 Å².